The van der Waals surface area contributed by atoms with Crippen molar-refractivity contribution in [3.05, 3.63) is 29.5 Å². The lowest BCUT2D eigenvalue weighted by Gasteiger charge is -2.16. The highest BCUT2D eigenvalue weighted by Crippen LogP contribution is 2.33. The van der Waals surface area contributed by atoms with Gasteiger partial charge in [-0.25, -0.2) is 9.78 Å². The Balaban J connectivity index is 2.28. The third kappa shape index (κ3) is 4.45. The highest BCUT2D eigenvalue weighted by molar-refractivity contribution is 5.98. The normalized spacial score (nSPS) is 12.0. The Morgan fingerprint density at radius 3 is 2.46 bits per heavy atom. The fourth-order valence-corrected chi connectivity index (χ4v) is 3.02. The molecule has 0 aliphatic rings. The minimum absolute atomic E-state index is 0.336. The number of pyridine rings is 1. The van der Waals surface area contributed by atoms with Gasteiger partial charge in [-0.3, -0.25) is 0 Å². The first-order valence-electron chi connectivity index (χ1n) is 9.25. The summed E-state index contributed by atoms with van der Waals surface area (Å²) < 4.78 is 16.4. The van der Waals surface area contributed by atoms with Gasteiger partial charge in [0.2, 0.25) is 0 Å². The summed E-state index contributed by atoms with van der Waals surface area (Å²) in [6.07, 6.45) is 4.40. The lowest BCUT2D eigenvalue weighted by Crippen LogP contribution is -2.15. The van der Waals surface area contributed by atoms with Gasteiger partial charge in [-0.2, -0.15) is 0 Å². The van der Waals surface area contributed by atoms with Crippen LogP contribution in [0.3, 0.4) is 0 Å². The number of fused-ring (bicyclic) bond motifs is 1. The van der Waals surface area contributed by atoms with E-state index in [1.165, 1.54) is 0 Å². The fraction of sp³-hybridized carbons (Fsp3) is 0.524. The van der Waals surface area contributed by atoms with Crippen LogP contribution in [0.25, 0.3) is 10.9 Å². The quantitative estimate of drug-likeness (QED) is 0.594. The number of benzene rings is 1. The number of aryl methyl sites for hydroxylation is 1. The third-order valence-corrected chi connectivity index (χ3v) is 4.75. The maximum atomic E-state index is 12.6. The molecule has 1 heterocycles. The Hall–Kier alpha value is -2.30. The molecule has 2 rings (SSSR count). The first kappa shape index (κ1) is 20.0. The molecule has 1 atom stereocenters. The van der Waals surface area contributed by atoms with Crippen molar-refractivity contribution in [2.75, 3.05) is 20.8 Å². The Bertz CT molecular complexity index is 757. The van der Waals surface area contributed by atoms with Crippen LogP contribution in [0.2, 0.25) is 0 Å². The van der Waals surface area contributed by atoms with Crippen LogP contribution in [0, 0.1) is 12.8 Å². The van der Waals surface area contributed by atoms with E-state index < -0.39 is 0 Å². The molecule has 0 saturated heterocycles. The van der Waals surface area contributed by atoms with Gasteiger partial charge in [0, 0.05) is 5.39 Å². The molecule has 0 N–H and O–H groups in total. The SMILES string of the molecule is CCCCC(CC)COC(=O)c1cc2c(OC)ccc(OC)c2nc1C. The van der Waals surface area contributed by atoms with Crippen molar-refractivity contribution < 1.29 is 19.0 Å². The molecule has 1 aromatic heterocycles. The monoisotopic (exact) mass is 359 g/mol. The Morgan fingerprint density at radius 1 is 1.15 bits per heavy atom. The molecule has 5 heteroatoms. The van der Waals surface area contributed by atoms with E-state index in [1.807, 2.05) is 19.1 Å². The summed E-state index contributed by atoms with van der Waals surface area (Å²) in [6.45, 7) is 6.56. The summed E-state index contributed by atoms with van der Waals surface area (Å²) >= 11 is 0. The number of hydrogen-bond acceptors (Lipinski definition) is 5. The van der Waals surface area contributed by atoms with E-state index in [9.17, 15) is 4.79 Å². The summed E-state index contributed by atoms with van der Waals surface area (Å²) in [6, 6.07) is 5.41. The van der Waals surface area contributed by atoms with Gasteiger partial charge in [0.15, 0.2) is 0 Å². The van der Waals surface area contributed by atoms with E-state index in [0.29, 0.717) is 40.8 Å². The molecule has 0 radical (unpaired) electrons. The first-order chi connectivity index (χ1) is 12.5. The molecule has 0 aliphatic carbocycles. The number of nitrogens with zero attached hydrogens (tertiary/aromatic N) is 1. The molecular formula is C21H29NO4. The van der Waals surface area contributed by atoms with Crippen molar-refractivity contribution in [1.29, 1.82) is 0 Å². The number of unbranched alkanes of at least 4 members (excludes halogenated alkanes) is 1. The molecule has 0 spiro atoms. The van der Waals surface area contributed by atoms with Crippen LogP contribution in [0.15, 0.2) is 18.2 Å². The molecule has 0 fully saturated rings. The van der Waals surface area contributed by atoms with Crippen LogP contribution < -0.4 is 9.47 Å². The molecule has 1 aromatic carbocycles. The van der Waals surface area contributed by atoms with Crippen LogP contribution >= 0.6 is 0 Å². The standard InChI is InChI=1S/C21H29NO4/c1-6-8-9-15(7-2)13-26-21(23)16-12-17-18(24-4)10-11-19(25-5)20(17)22-14(16)3/h10-12,15H,6-9,13H2,1-5H3. The second kappa shape index (κ2) is 9.41. The van der Waals surface area contributed by atoms with E-state index in [4.69, 9.17) is 14.2 Å². The van der Waals surface area contributed by atoms with Crippen LogP contribution in [0.5, 0.6) is 11.5 Å². The van der Waals surface area contributed by atoms with Gasteiger partial charge >= 0.3 is 5.97 Å². The van der Waals surface area contributed by atoms with E-state index in [-0.39, 0.29) is 5.97 Å². The number of carbonyl (C=O) groups is 1. The molecule has 0 aliphatic heterocycles. The highest BCUT2D eigenvalue weighted by Gasteiger charge is 2.18. The summed E-state index contributed by atoms with van der Waals surface area (Å²) in [4.78, 5) is 17.2. The number of aromatic nitrogens is 1. The lowest BCUT2D eigenvalue weighted by atomic mass is 10.0. The van der Waals surface area contributed by atoms with Crippen molar-refractivity contribution >= 4 is 16.9 Å². The molecule has 1 unspecified atom stereocenters. The number of methoxy groups -OCH3 is 2. The van der Waals surface area contributed by atoms with Gasteiger partial charge in [-0.05, 0) is 37.5 Å². The second-order valence-corrected chi connectivity index (χ2v) is 6.50. The van der Waals surface area contributed by atoms with Crippen molar-refractivity contribution in [3.8, 4) is 11.5 Å². The maximum Gasteiger partial charge on any atom is 0.340 e. The van der Waals surface area contributed by atoms with Gasteiger partial charge in [0.05, 0.1) is 32.1 Å². The zero-order valence-corrected chi connectivity index (χ0v) is 16.4. The molecule has 2 aromatic rings. The zero-order valence-electron chi connectivity index (χ0n) is 16.4. The van der Waals surface area contributed by atoms with Gasteiger partial charge < -0.3 is 14.2 Å². The zero-order chi connectivity index (χ0) is 19.1. The van der Waals surface area contributed by atoms with Crippen molar-refractivity contribution in [2.24, 2.45) is 5.92 Å². The summed E-state index contributed by atoms with van der Waals surface area (Å²) in [5.41, 5.74) is 1.76. The predicted molar refractivity (Wildman–Crippen MR) is 103 cm³/mol. The average Bonchev–Trinajstić information content (AvgIpc) is 2.66. The van der Waals surface area contributed by atoms with Crippen molar-refractivity contribution in [1.82, 2.24) is 4.98 Å². The summed E-state index contributed by atoms with van der Waals surface area (Å²) in [5, 5.41) is 0.738. The van der Waals surface area contributed by atoms with Gasteiger partial charge in [0.1, 0.15) is 17.0 Å². The molecule has 26 heavy (non-hydrogen) atoms. The number of esters is 1. The van der Waals surface area contributed by atoms with Crippen molar-refractivity contribution in [3.63, 3.8) is 0 Å². The van der Waals surface area contributed by atoms with Crippen LogP contribution in [0.4, 0.5) is 0 Å². The fourth-order valence-electron chi connectivity index (χ4n) is 3.02. The van der Waals surface area contributed by atoms with E-state index in [2.05, 4.69) is 18.8 Å². The topological polar surface area (TPSA) is 57.7 Å². The van der Waals surface area contributed by atoms with Crippen LogP contribution in [-0.4, -0.2) is 31.8 Å². The van der Waals surface area contributed by atoms with Gasteiger partial charge in [-0.15, -0.1) is 0 Å². The molecule has 0 amide bonds. The first-order valence-corrected chi connectivity index (χ1v) is 9.25. The second-order valence-electron chi connectivity index (χ2n) is 6.50. The van der Waals surface area contributed by atoms with E-state index in [0.717, 1.165) is 31.1 Å². The van der Waals surface area contributed by atoms with E-state index >= 15 is 0 Å². The number of carbonyl (C=O) groups excluding carboxylic acids is 1. The van der Waals surface area contributed by atoms with Gasteiger partial charge in [-0.1, -0.05) is 33.1 Å². The maximum absolute atomic E-state index is 12.6. The third-order valence-electron chi connectivity index (χ3n) is 4.75. The average molecular weight is 359 g/mol. The minimum atomic E-state index is -0.336. The van der Waals surface area contributed by atoms with Crippen LogP contribution in [-0.2, 0) is 4.74 Å². The Labute approximate surface area is 155 Å². The van der Waals surface area contributed by atoms with E-state index in [1.54, 1.807) is 20.3 Å². The Morgan fingerprint density at radius 2 is 1.85 bits per heavy atom. The molecule has 0 saturated carbocycles. The lowest BCUT2D eigenvalue weighted by molar-refractivity contribution is 0.0427. The predicted octanol–water partition coefficient (Wildman–Crippen LogP) is 4.93. The number of hydrogen-bond donors (Lipinski definition) is 0. The minimum Gasteiger partial charge on any atom is -0.496 e. The summed E-state index contributed by atoms with van der Waals surface area (Å²) in [5.74, 6) is 1.37. The smallest absolute Gasteiger partial charge is 0.340 e. The van der Waals surface area contributed by atoms with Crippen LogP contribution in [0.1, 0.15) is 55.6 Å². The number of ether oxygens (including phenoxy) is 3. The highest BCUT2D eigenvalue weighted by atomic mass is 16.5. The number of rotatable bonds is 9. The largest absolute Gasteiger partial charge is 0.496 e. The Kier molecular flexibility index (Phi) is 7.25. The molecule has 142 valence electrons. The summed E-state index contributed by atoms with van der Waals surface area (Å²) in [7, 11) is 3.19. The molecule has 0 bridgehead atoms. The molecule has 5 nitrogen and oxygen atoms in total. The van der Waals surface area contributed by atoms with Crippen molar-refractivity contribution in [2.45, 2.75) is 46.5 Å². The molecular weight excluding hydrogens is 330 g/mol. The van der Waals surface area contributed by atoms with Gasteiger partial charge in [0.25, 0.3) is 0 Å².